The summed E-state index contributed by atoms with van der Waals surface area (Å²) in [5.41, 5.74) is 5.76. The molecule has 0 unspecified atom stereocenters. The third kappa shape index (κ3) is 5.91. The molecule has 1 rings (SSSR count). The fraction of sp³-hybridized carbons (Fsp3) is 0.167. The fourth-order valence-electron chi connectivity index (χ4n) is 1.19. The van der Waals surface area contributed by atoms with Crippen molar-refractivity contribution in [3.05, 3.63) is 36.7 Å². The second-order valence-electron chi connectivity index (χ2n) is 3.56. The summed E-state index contributed by atoms with van der Waals surface area (Å²) in [5.74, 6) is -0.953. The highest BCUT2D eigenvalue weighted by Gasteiger charge is 2.08. The summed E-state index contributed by atoms with van der Waals surface area (Å²) in [6, 6.07) is 3.42. The molecule has 0 aliphatic heterocycles. The Kier molecular flexibility index (Phi) is 5.87. The van der Waals surface area contributed by atoms with E-state index >= 15 is 0 Å². The maximum Gasteiger partial charge on any atom is 0.321 e. The van der Waals surface area contributed by atoms with Crippen molar-refractivity contribution in [1.82, 2.24) is 10.6 Å². The number of rotatable bonds is 5. The van der Waals surface area contributed by atoms with Gasteiger partial charge in [0.1, 0.15) is 5.82 Å². The fourth-order valence-corrected chi connectivity index (χ4v) is 1.97. The van der Waals surface area contributed by atoms with Gasteiger partial charge in [0, 0.05) is 17.1 Å². The number of thioether (sulfide) groups is 1. The molecule has 0 aliphatic rings. The van der Waals surface area contributed by atoms with Gasteiger partial charge >= 0.3 is 6.03 Å². The number of carbonyl (C=O) groups excluding carboxylic acids is 2. The highest BCUT2D eigenvalue weighted by Crippen LogP contribution is 2.21. The van der Waals surface area contributed by atoms with E-state index in [4.69, 9.17) is 5.73 Å². The Morgan fingerprint density at radius 1 is 1.42 bits per heavy atom. The van der Waals surface area contributed by atoms with E-state index in [0.717, 1.165) is 11.8 Å². The van der Waals surface area contributed by atoms with Gasteiger partial charge in [0.2, 0.25) is 5.91 Å². The first-order valence-corrected chi connectivity index (χ1v) is 6.37. The highest BCUT2D eigenvalue weighted by molar-refractivity contribution is 8.00. The SMILES string of the molecule is C=CCNC(=O)NC(=O)CSc1cc(N)cc(F)c1. The first kappa shape index (κ1) is 15.0. The Bertz CT molecular complexity index is 474. The topological polar surface area (TPSA) is 84.2 Å². The minimum Gasteiger partial charge on any atom is -0.399 e. The molecule has 7 heteroatoms. The minimum absolute atomic E-state index is 0.00952. The molecule has 0 fully saturated rings. The van der Waals surface area contributed by atoms with Gasteiger partial charge in [-0.3, -0.25) is 10.1 Å². The first-order valence-electron chi connectivity index (χ1n) is 5.38. The molecular weight excluding hydrogens is 269 g/mol. The molecule has 1 aromatic carbocycles. The minimum atomic E-state index is -0.593. The molecule has 19 heavy (non-hydrogen) atoms. The smallest absolute Gasteiger partial charge is 0.321 e. The lowest BCUT2D eigenvalue weighted by Gasteiger charge is -2.05. The molecule has 0 atom stereocenters. The number of nitrogens with two attached hydrogens (primary N) is 1. The predicted octanol–water partition coefficient (Wildman–Crippen LogP) is 1.51. The molecular formula is C12H14FN3O2S. The molecule has 0 spiro atoms. The molecule has 3 amide bonds. The van der Waals surface area contributed by atoms with Crippen molar-refractivity contribution in [3.8, 4) is 0 Å². The lowest BCUT2D eigenvalue weighted by atomic mass is 10.3. The van der Waals surface area contributed by atoms with Gasteiger partial charge in [0.15, 0.2) is 0 Å². The zero-order valence-corrected chi connectivity index (χ0v) is 10.9. The van der Waals surface area contributed by atoms with Crippen LogP contribution >= 0.6 is 11.8 Å². The van der Waals surface area contributed by atoms with E-state index in [0.29, 0.717) is 4.90 Å². The lowest BCUT2D eigenvalue weighted by molar-refractivity contribution is -0.117. The summed E-state index contributed by atoms with van der Waals surface area (Å²) in [6.45, 7) is 3.70. The Hall–Kier alpha value is -2.02. The average molecular weight is 283 g/mol. The van der Waals surface area contributed by atoms with Crippen LogP contribution in [0.3, 0.4) is 0 Å². The largest absolute Gasteiger partial charge is 0.399 e. The van der Waals surface area contributed by atoms with Crippen LogP contribution in [0.2, 0.25) is 0 Å². The maximum absolute atomic E-state index is 13.0. The summed E-state index contributed by atoms with van der Waals surface area (Å²) in [6.07, 6.45) is 1.49. The monoisotopic (exact) mass is 283 g/mol. The first-order chi connectivity index (χ1) is 9.01. The van der Waals surface area contributed by atoms with E-state index in [1.54, 1.807) is 6.07 Å². The van der Waals surface area contributed by atoms with Gasteiger partial charge in [-0.1, -0.05) is 6.08 Å². The molecule has 102 valence electrons. The van der Waals surface area contributed by atoms with Gasteiger partial charge in [0.05, 0.1) is 5.75 Å². The second-order valence-corrected chi connectivity index (χ2v) is 4.60. The number of hydrogen-bond acceptors (Lipinski definition) is 4. The van der Waals surface area contributed by atoms with Crippen LogP contribution in [0.4, 0.5) is 14.9 Å². The average Bonchev–Trinajstić information content (AvgIpc) is 2.33. The van der Waals surface area contributed by atoms with Crippen LogP contribution in [-0.2, 0) is 4.79 Å². The van der Waals surface area contributed by atoms with Gasteiger partial charge in [-0.15, -0.1) is 18.3 Å². The molecule has 0 radical (unpaired) electrons. The number of carbonyl (C=O) groups is 2. The van der Waals surface area contributed by atoms with Gasteiger partial charge in [0.25, 0.3) is 0 Å². The van der Waals surface area contributed by atoms with Crippen LogP contribution in [-0.4, -0.2) is 24.2 Å². The van der Waals surface area contributed by atoms with Gasteiger partial charge in [-0.05, 0) is 18.2 Å². The van der Waals surface area contributed by atoms with Gasteiger partial charge in [-0.25, -0.2) is 9.18 Å². The van der Waals surface area contributed by atoms with E-state index in [1.165, 1.54) is 18.2 Å². The molecule has 5 nitrogen and oxygen atoms in total. The molecule has 0 saturated heterocycles. The number of nitrogen functional groups attached to an aromatic ring is 1. The molecule has 0 bridgehead atoms. The van der Waals surface area contributed by atoms with Gasteiger partial charge < -0.3 is 11.1 Å². The Labute approximate surface area is 114 Å². The third-order valence-electron chi connectivity index (χ3n) is 1.92. The number of amides is 3. The number of nitrogens with one attached hydrogen (secondary N) is 2. The molecule has 0 saturated carbocycles. The summed E-state index contributed by atoms with van der Waals surface area (Å²) in [7, 11) is 0. The quantitative estimate of drug-likeness (QED) is 0.434. The van der Waals surface area contributed by atoms with Crippen LogP contribution in [0.15, 0.2) is 35.7 Å². The van der Waals surface area contributed by atoms with Crippen molar-refractivity contribution in [3.63, 3.8) is 0 Å². The van der Waals surface area contributed by atoms with E-state index in [9.17, 15) is 14.0 Å². The van der Waals surface area contributed by atoms with Crippen LogP contribution < -0.4 is 16.4 Å². The summed E-state index contributed by atoms with van der Waals surface area (Å²) in [4.78, 5) is 23.1. The molecule has 0 aromatic heterocycles. The van der Waals surface area contributed by atoms with Crippen LogP contribution in [0.5, 0.6) is 0 Å². The predicted molar refractivity (Wildman–Crippen MR) is 73.3 cm³/mol. The number of urea groups is 1. The summed E-state index contributed by atoms with van der Waals surface area (Å²) in [5, 5.41) is 4.53. The number of hydrogen-bond donors (Lipinski definition) is 3. The lowest BCUT2D eigenvalue weighted by Crippen LogP contribution is -2.40. The number of benzene rings is 1. The van der Waals surface area contributed by atoms with Crippen molar-refractivity contribution >= 4 is 29.4 Å². The standard InChI is InChI=1S/C12H14FN3O2S/c1-2-3-15-12(18)16-11(17)7-19-10-5-8(13)4-9(14)6-10/h2,4-6H,1,3,7,14H2,(H2,15,16,17,18). The number of anilines is 1. The summed E-state index contributed by atoms with van der Waals surface area (Å²) < 4.78 is 13.0. The van der Waals surface area contributed by atoms with E-state index < -0.39 is 17.8 Å². The zero-order chi connectivity index (χ0) is 14.3. The number of halogens is 1. The molecule has 4 N–H and O–H groups in total. The van der Waals surface area contributed by atoms with E-state index in [1.807, 2.05) is 0 Å². The molecule has 1 aromatic rings. The normalized spacial score (nSPS) is 9.74. The van der Waals surface area contributed by atoms with Crippen molar-refractivity contribution in [2.75, 3.05) is 18.0 Å². The van der Waals surface area contributed by atoms with Gasteiger partial charge in [-0.2, -0.15) is 0 Å². The Balaban J connectivity index is 2.41. The maximum atomic E-state index is 13.0. The third-order valence-corrected chi connectivity index (χ3v) is 2.90. The zero-order valence-electron chi connectivity index (χ0n) is 10.1. The van der Waals surface area contributed by atoms with Crippen LogP contribution in [0.25, 0.3) is 0 Å². The van der Waals surface area contributed by atoms with Crippen molar-refractivity contribution in [2.24, 2.45) is 0 Å². The molecule has 0 aliphatic carbocycles. The van der Waals surface area contributed by atoms with E-state index in [-0.39, 0.29) is 18.0 Å². The number of imide groups is 1. The molecule has 0 heterocycles. The van der Waals surface area contributed by atoms with Crippen molar-refractivity contribution < 1.29 is 14.0 Å². The van der Waals surface area contributed by atoms with Crippen LogP contribution in [0.1, 0.15) is 0 Å². The highest BCUT2D eigenvalue weighted by atomic mass is 32.2. The van der Waals surface area contributed by atoms with E-state index in [2.05, 4.69) is 17.2 Å². The second kappa shape index (κ2) is 7.42. The van der Waals surface area contributed by atoms with Crippen molar-refractivity contribution in [2.45, 2.75) is 4.90 Å². The Morgan fingerprint density at radius 3 is 2.79 bits per heavy atom. The Morgan fingerprint density at radius 2 is 2.16 bits per heavy atom. The summed E-state index contributed by atoms with van der Waals surface area (Å²) >= 11 is 1.09. The van der Waals surface area contributed by atoms with Crippen LogP contribution in [0, 0.1) is 5.82 Å². The van der Waals surface area contributed by atoms with Crippen molar-refractivity contribution in [1.29, 1.82) is 0 Å².